The van der Waals surface area contributed by atoms with Crippen LogP contribution in [0.25, 0.3) is 5.65 Å². The number of pyridine rings is 1. The number of piperidine rings is 1. The van der Waals surface area contributed by atoms with E-state index in [4.69, 9.17) is 21.3 Å². The van der Waals surface area contributed by atoms with Crippen LogP contribution in [0.15, 0.2) is 55.0 Å². The van der Waals surface area contributed by atoms with E-state index in [1.54, 1.807) is 21.6 Å². The molecule has 2 N–H and O–H groups in total. The van der Waals surface area contributed by atoms with Crippen molar-refractivity contribution in [2.75, 3.05) is 49.6 Å². The second-order valence-corrected chi connectivity index (χ2v) is 12.1. The minimum atomic E-state index is -0.280. The number of aromatic nitrogens is 5. The van der Waals surface area contributed by atoms with Gasteiger partial charge in [0.1, 0.15) is 6.54 Å². The number of benzene rings is 1. The number of halogens is 1. The largest absolute Gasteiger partial charge is 0.378 e. The zero-order valence-electron chi connectivity index (χ0n) is 23.7. The van der Waals surface area contributed by atoms with Crippen molar-refractivity contribution < 1.29 is 9.53 Å². The minimum Gasteiger partial charge on any atom is -0.378 e. The van der Waals surface area contributed by atoms with Gasteiger partial charge in [-0.1, -0.05) is 23.7 Å². The monoisotopic (exact) mass is 600 g/mol. The van der Waals surface area contributed by atoms with Gasteiger partial charge in [-0.3, -0.25) is 9.48 Å². The zero-order valence-corrected chi connectivity index (χ0v) is 24.5. The summed E-state index contributed by atoms with van der Waals surface area (Å²) in [4.78, 5) is 21.8. The third kappa shape index (κ3) is 5.63. The van der Waals surface area contributed by atoms with Crippen molar-refractivity contribution in [2.24, 2.45) is 0 Å². The Kier molecular flexibility index (Phi) is 7.38. The summed E-state index contributed by atoms with van der Waals surface area (Å²) in [6.45, 7) is 4.61. The predicted molar refractivity (Wildman–Crippen MR) is 161 cm³/mol. The predicted octanol–water partition coefficient (Wildman–Crippen LogP) is 2.97. The summed E-state index contributed by atoms with van der Waals surface area (Å²) in [5.74, 6) is 0.499. The van der Waals surface area contributed by atoms with Crippen molar-refractivity contribution in [2.45, 2.75) is 43.3 Å². The second kappa shape index (κ2) is 11.5. The molecule has 0 spiro atoms. The lowest BCUT2D eigenvalue weighted by atomic mass is 9.71. The first-order valence-corrected chi connectivity index (χ1v) is 15.0. The van der Waals surface area contributed by atoms with Gasteiger partial charge in [-0.25, -0.2) is 4.52 Å². The first kappa shape index (κ1) is 27.6. The summed E-state index contributed by atoms with van der Waals surface area (Å²) in [7, 11) is 0. The van der Waals surface area contributed by atoms with Gasteiger partial charge in [-0.2, -0.15) is 15.3 Å². The smallest absolute Gasteiger partial charge is 0.247 e. The van der Waals surface area contributed by atoms with Gasteiger partial charge < -0.3 is 25.2 Å². The fourth-order valence-corrected chi connectivity index (χ4v) is 6.45. The molecular weight excluding hydrogens is 568 g/mol. The maximum atomic E-state index is 12.9. The van der Waals surface area contributed by atoms with Gasteiger partial charge >= 0.3 is 0 Å². The van der Waals surface area contributed by atoms with Crippen LogP contribution < -0.4 is 15.5 Å². The molecule has 3 aliphatic rings. The van der Waals surface area contributed by atoms with Crippen molar-refractivity contribution in [3.8, 4) is 6.07 Å². The lowest BCUT2D eigenvalue weighted by Crippen LogP contribution is -2.59. The zero-order chi connectivity index (χ0) is 29.4. The third-order valence-electron chi connectivity index (χ3n) is 8.67. The summed E-state index contributed by atoms with van der Waals surface area (Å²) in [5, 5.41) is 26.1. The number of fused-ring (bicyclic) bond motifs is 1. The molecule has 222 valence electrons. The van der Waals surface area contributed by atoms with Crippen molar-refractivity contribution in [1.29, 1.82) is 5.26 Å². The number of ether oxygens (including phenoxy) is 1. The number of likely N-dealkylation sites (tertiary alicyclic amines) is 1. The lowest BCUT2D eigenvalue weighted by Gasteiger charge is -2.50. The summed E-state index contributed by atoms with van der Waals surface area (Å²) in [5.41, 5.74) is 3.16. The Hall–Kier alpha value is -4.18. The van der Waals surface area contributed by atoms with Gasteiger partial charge in [0.25, 0.3) is 0 Å². The number of carbonyl (C=O) groups excluding carboxylic acids is 1. The molecule has 3 aliphatic heterocycles. The standard InChI is InChI=1S/C30H33ClN10O2/c31-22-4-1-3-21(13-22)30(8-9-32)19-39(20-30)26-5-2-10-41-28(26)36-29(37-41)35-24-14-33-40(15-24)16-27(42)38-11-6-23(7-12-38)34-25-17-43-18-25/h1-5,10,13-15,23,25,34H,6-8,11-12,16-20H2,(H,35,37). The molecule has 6 heterocycles. The van der Waals surface area contributed by atoms with Gasteiger partial charge in [0, 0.05) is 61.5 Å². The van der Waals surface area contributed by atoms with E-state index in [-0.39, 0.29) is 17.9 Å². The maximum Gasteiger partial charge on any atom is 0.247 e. The van der Waals surface area contributed by atoms with E-state index in [1.807, 2.05) is 47.5 Å². The van der Waals surface area contributed by atoms with Crippen LogP contribution in [0.1, 0.15) is 24.8 Å². The van der Waals surface area contributed by atoms with E-state index in [2.05, 4.69) is 31.8 Å². The molecule has 3 fully saturated rings. The molecule has 12 nitrogen and oxygen atoms in total. The highest BCUT2D eigenvalue weighted by Gasteiger charge is 2.45. The average molecular weight is 601 g/mol. The summed E-state index contributed by atoms with van der Waals surface area (Å²) < 4.78 is 8.63. The van der Waals surface area contributed by atoms with Crippen LogP contribution >= 0.6 is 11.6 Å². The Morgan fingerprint density at radius 2 is 2.00 bits per heavy atom. The molecule has 0 unspecified atom stereocenters. The molecule has 0 saturated carbocycles. The molecule has 7 rings (SSSR count). The molecule has 0 aliphatic carbocycles. The van der Waals surface area contributed by atoms with Gasteiger partial charge in [0.15, 0.2) is 5.65 Å². The van der Waals surface area contributed by atoms with Gasteiger partial charge in [-0.15, -0.1) is 5.10 Å². The molecule has 3 aromatic heterocycles. The van der Waals surface area contributed by atoms with Crippen LogP contribution in [0, 0.1) is 11.3 Å². The Labute approximate surface area is 254 Å². The molecule has 3 saturated heterocycles. The quantitative estimate of drug-likeness (QED) is 0.298. The minimum absolute atomic E-state index is 0.0652. The number of amides is 1. The van der Waals surface area contributed by atoms with E-state index >= 15 is 0 Å². The van der Waals surface area contributed by atoms with Crippen LogP contribution in [0.5, 0.6) is 0 Å². The summed E-state index contributed by atoms with van der Waals surface area (Å²) in [6.07, 6.45) is 7.64. The Morgan fingerprint density at radius 3 is 2.74 bits per heavy atom. The fourth-order valence-electron chi connectivity index (χ4n) is 6.26. The first-order valence-electron chi connectivity index (χ1n) is 14.6. The van der Waals surface area contributed by atoms with E-state index in [0.29, 0.717) is 53.9 Å². The number of hydrogen-bond donors (Lipinski definition) is 2. The molecule has 13 heteroatoms. The molecule has 1 amide bonds. The topological polar surface area (TPSA) is 129 Å². The van der Waals surface area contributed by atoms with Crippen LogP contribution in [-0.2, 0) is 21.5 Å². The number of nitriles is 1. The summed E-state index contributed by atoms with van der Waals surface area (Å²) in [6, 6.07) is 15.0. The van der Waals surface area contributed by atoms with Crippen molar-refractivity contribution in [3.63, 3.8) is 0 Å². The van der Waals surface area contributed by atoms with E-state index in [0.717, 1.165) is 50.4 Å². The summed E-state index contributed by atoms with van der Waals surface area (Å²) >= 11 is 6.26. The molecule has 0 radical (unpaired) electrons. The van der Waals surface area contributed by atoms with Crippen LogP contribution in [0.4, 0.5) is 17.3 Å². The van der Waals surface area contributed by atoms with Gasteiger partial charge in [0.2, 0.25) is 11.9 Å². The number of nitrogens with zero attached hydrogens (tertiary/aromatic N) is 8. The molecule has 0 bridgehead atoms. The van der Waals surface area contributed by atoms with Gasteiger partial charge in [0.05, 0.1) is 42.9 Å². The maximum absolute atomic E-state index is 12.9. The third-order valence-corrected chi connectivity index (χ3v) is 8.90. The number of rotatable bonds is 9. The Bertz CT molecular complexity index is 1660. The van der Waals surface area contributed by atoms with Crippen molar-refractivity contribution >= 4 is 40.5 Å². The SMILES string of the molecule is N#CCC1(c2cccc(Cl)c2)CN(c2cccn3nc(Nc4cnn(CC(=O)N5CCC(NC6COC6)CC5)c4)nc23)C1. The van der Waals surface area contributed by atoms with E-state index in [9.17, 15) is 10.1 Å². The number of anilines is 3. The van der Waals surface area contributed by atoms with Crippen molar-refractivity contribution in [3.05, 3.63) is 65.6 Å². The molecular formula is C30H33ClN10O2. The number of nitrogens with one attached hydrogen (secondary N) is 2. The molecule has 43 heavy (non-hydrogen) atoms. The van der Waals surface area contributed by atoms with Gasteiger partial charge in [-0.05, 0) is 42.7 Å². The van der Waals surface area contributed by atoms with Crippen LogP contribution in [-0.4, -0.2) is 86.7 Å². The highest BCUT2D eigenvalue weighted by atomic mass is 35.5. The normalized spacial score (nSPS) is 18.7. The highest BCUT2D eigenvalue weighted by Crippen LogP contribution is 2.42. The molecule has 0 atom stereocenters. The first-order chi connectivity index (χ1) is 21.0. The second-order valence-electron chi connectivity index (χ2n) is 11.7. The van der Waals surface area contributed by atoms with E-state index in [1.165, 1.54) is 0 Å². The van der Waals surface area contributed by atoms with Crippen molar-refractivity contribution in [1.82, 2.24) is 34.6 Å². The molecule has 1 aromatic carbocycles. The number of carbonyl (C=O) groups is 1. The highest BCUT2D eigenvalue weighted by molar-refractivity contribution is 6.30. The van der Waals surface area contributed by atoms with E-state index < -0.39 is 0 Å². The molecule has 4 aromatic rings. The average Bonchev–Trinajstić information content (AvgIpc) is 3.59. The lowest BCUT2D eigenvalue weighted by molar-refractivity contribution is -0.133. The Morgan fingerprint density at radius 1 is 1.16 bits per heavy atom. The fraction of sp³-hybridized carbons (Fsp3) is 0.433. The number of hydrogen-bond acceptors (Lipinski definition) is 9. The Balaban J connectivity index is 0.980. The van der Waals surface area contributed by atoms with Crippen LogP contribution in [0.2, 0.25) is 5.02 Å². The van der Waals surface area contributed by atoms with Crippen LogP contribution in [0.3, 0.4) is 0 Å².